The van der Waals surface area contributed by atoms with E-state index in [4.69, 9.17) is 5.73 Å². The van der Waals surface area contributed by atoms with Crippen LogP contribution in [0.2, 0.25) is 0 Å². The van der Waals surface area contributed by atoms with Crippen LogP contribution in [0.15, 0.2) is 16.5 Å². The van der Waals surface area contributed by atoms with Gasteiger partial charge in [0.15, 0.2) is 0 Å². The van der Waals surface area contributed by atoms with E-state index in [1.54, 1.807) is 19.1 Å². The molecule has 0 spiro atoms. The standard InChI is InChI=1S/C9H16N2O2S/c1-3-14(2,13)11-9(12)7-4-5-8(10)6-7/h4-5,7-8H,3,6,10H2,1-2H3. The van der Waals surface area contributed by atoms with Crippen molar-refractivity contribution in [3.8, 4) is 0 Å². The minimum atomic E-state index is -2.32. The number of rotatable bonds is 2. The van der Waals surface area contributed by atoms with Gasteiger partial charge in [0.25, 0.3) is 5.91 Å². The topological polar surface area (TPSA) is 72.5 Å². The molecule has 4 nitrogen and oxygen atoms in total. The van der Waals surface area contributed by atoms with Gasteiger partial charge in [-0.05, 0) is 6.42 Å². The van der Waals surface area contributed by atoms with Crippen molar-refractivity contribution < 1.29 is 9.00 Å². The molecule has 14 heavy (non-hydrogen) atoms. The Balaban J connectivity index is 2.74. The van der Waals surface area contributed by atoms with Crippen molar-refractivity contribution in [2.45, 2.75) is 19.4 Å². The molecule has 2 N–H and O–H groups in total. The minimum Gasteiger partial charge on any atom is -0.324 e. The minimum absolute atomic E-state index is 0.0614. The van der Waals surface area contributed by atoms with Gasteiger partial charge in [0.2, 0.25) is 0 Å². The Kier molecular flexibility index (Phi) is 3.44. The average molecular weight is 216 g/mol. The predicted molar refractivity (Wildman–Crippen MR) is 57.3 cm³/mol. The predicted octanol–water partition coefficient (Wildman–Crippen LogP) is 0.534. The first kappa shape index (κ1) is 11.4. The first-order valence-corrected chi connectivity index (χ1v) is 6.71. The van der Waals surface area contributed by atoms with Crippen LogP contribution in [-0.4, -0.2) is 28.2 Å². The van der Waals surface area contributed by atoms with E-state index >= 15 is 0 Å². The molecule has 0 aromatic rings. The highest BCUT2D eigenvalue weighted by Gasteiger charge is 2.23. The lowest BCUT2D eigenvalue weighted by Crippen LogP contribution is -2.19. The zero-order valence-electron chi connectivity index (χ0n) is 8.47. The third-order valence-corrected chi connectivity index (χ3v) is 3.89. The molecular formula is C9H16N2O2S. The van der Waals surface area contributed by atoms with E-state index in [-0.39, 0.29) is 17.9 Å². The highest BCUT2D eigenvalue weighted by Crippen LogP contribution is 2.18. The zero-order valence-corrected chi connectivity index (χ0v) is 9.29. The van der Waals surface area contributed by atoms with Gasteiger partial charge in [-0.25, -0.2) is 4.21 Å². The Hall–Kier alpha value is -0.680. The lowest BCUT2D eigenvalue weighted by Gasteiger charge is -2.05. The quantitative estimate of drug-likeness (QED) is 0.684. The fourth-order valence-corrected chi connectivity index (χ4v) is 1.88. The Bertz CT molecular complexity index is 367. The molecule has 1 aliphatic carbocycles. The van der Waals surface area contributed by atoms with Gasteiger partial charge in [0.05, 0.1) is 15.6 Å². The molecule has 0 radical (unpaired) electrons. The molecule has 0 aromatic carbocycles. The largest absolute Gasteiger partial charge is 0.324 e. The molecule has 0 heterocycles. The van der Waals surface area contributed by atoms with Gasteiger partial charge >= 0.3 is 0 Å². The van der Waals surface area contributed by atoms with Crippen LogP contribution in [0.3, 0.4) is 0 Å². The number of nitrogens with zero attached hydrogens (tertiary/aromatic N) is 1. The first-order valence-electron chi connectivity index (χ1n) is 4.62. The third-order valence-electron chi connectivity index (χ3n) is 2.25. The molecule has 0 bridgehead atoms. The molecule has 1 aliphatic rings. The Morgan fingerprint density at radius 1 is 1.64 bits per heavy atom. The van der Waals surface area contributed by atoms with Gasteiger partial charge in [0, 0.05) is 18.1 Å². The van der Waals surface area contributed by atoms with Gasteiger partial charge < -0.3 is 5.73 Å². The van der Waals surface area contributed by atoms with Gasteiger partial charge in [0.1, 0.15) is 0 Å². The van der Waals surface area contributed by atoms with E-state index in [9.17, 15) is 9.00 Å². The van der Waals surface area contributed by atoms with Crippen LogP contribution in [0, 0.1) is 5.92 Å². The summed E-state index contributed by atoms with van der Waals surface area (Å²) in [5.74, 6) is -0.165. The van der Waals surface area contributed by atoms with Crippen molar-refractivity contribution in [1.29, 1.82) is 0 Å². The van der Waals surface area contributed by atoms with Gasteiger partial charge in [-0.2, -0.15) is 4.36 Å². The lowest BCUT2D eigenvalue weighted by molar-refractivity contribution is -0.120. The van der Waals surface area contributed by atoms with E-state index in [2.05, 4.69) is 4.36 Å². The lowest BCUT2D eigenvalue weighted by atomic mass is 10.1. The summed E-state index contributed by atoms with van der Waals surface area (Å²) in [5.41, 5.74) is 5.61. The molecule has 5 heteroatoms. The maximum atomic E-state index is 11.6. The van der Waals surface area contributed by atoms with Gasteiger partial charge in [-0.3, -0.25) is 4.79 Å². The second-order valence-corrected chi connectivity index (χ2v) is 6.25. The Labute approximate surface area is 84.7 Å². The summed E-state index contributed by atoms with van der Waals surface area (Å²) in [7, 11) is -2.32. The number of hydrogen-bond acceptors (Lipinski definition) is 3. The average Bonchev–Trinajstić information content (AvgIpc) is 2.51. The zero-order chi connectivity index (χ0) is 10.8. The number of hydrogen-bond donors (Lipinski definition) is 1. The normalized spacial score (nSPS) is 29.9. The summed E-state index contributed by atoms with van der Waals surface area (Å²) in [6.45, 7) is 1.76. The van der Waals surface area contributed by atoms with E-state index in [1.807, 2.05) is 0 Å². The highest BCUT2D eigenvalue weighted by atomic mass is 32.2. The van der Waals surface area contributed by atoms with E-state index in [1.165, 1.54) is 6.26 Å². The number of nitrogens with two attached hydrogens (primary N) is 1. The van der Waals surface area contributed by atoms with Crippen molar-refractivity contribution in [3.05, 3.63) is 12.2 Å². The number of carbonyl (C=O) groups is 1. The van der Waals surface area contributed by atoms with Crippen LogP contribution < -0.4 is 5.73 Å². The summed E-state index contributed by atoms with van der Waals surface area (Å²) < 4.78 is 15.3. The molecule has 0 fully saturated rings. The summed E-state index contributed by atoms with van der Waals surface area (Å²) in [6.07, 6.45) is 5.63. The van der Waals surface area contributed by atoms with Gasteiger partial charge in [-0.1, -0.05) is 19.1 Å². The van der Waals surface area contributed by atoms with Crippen LogP contribution in [0.25, 0.3) is 0 Å². The molecule has 0 aliphatic heterocycles. The summed E-state index contributed by atoms with van der Waals surface area (Å²) >= 11 is 0. The van der Waals surface area contributed by atoms with Crippen molar-refractivity contribution in [2.24, 2.45) is 16.0 Å². The van der Waals surface area contributed by atoms with Crippen molar-refractivity contribution >= 4 is 15.6 Å². The maximum absolute atomic E-state index is 11.6. The molecule has 0 saturated heterocycles. The van der Waals surface area contributed by atoms with Crippen molar-refractivity contribution in [1.82, 2.24) is 0 Å². The van der Waals surface area contributed by atoms with E-state index in [0.29, 0.717) is 12.2 Å². The van der Waals surface area contributed by atoms with Crippen molar-refractivity contribution in [3.63, 3.8) is 0 Å². The van der Waals surface area contributed by atoms with Crippen LogP contribution in [-0.2, 0) is 14.5 Å². The first-order chi connectivity index (χ1) is 6.44. The Morgan fingerprint density at radius 3 is 2.71 bits per heavy atom. The van der Waals surface area contributed by atoms with Crippen LogP contribution in [0.4, 0.5) is 0 Å². The van der Waals surface area contributed by atoms with E-state index < -0.39 is 9.73 Å². The molecule has 0 aromatic heterocycles. The van der Waals surface area contributed by atoms with Gasteiger partial charge in [-0.15, -0.1) is 0 Å². The summed E-state index contributed by atoms with van der Waals surface area (Å²) in [6, 6.07) is -0.0614. The summed E-state index contributed by atoms with van der Waals surface area (Å²) in [4.78, 5) is 11.5. The molecule has 1 rings (SSSR count). The number of carbonyl (C=O) groups excluding carboxylic acids is 1. The number of amides is 1. The third kappa shape index (κ3) is 2.92. The molecule has 3 atom stereocenters. The second kappa shape index (κ2) is 4.23. The molecule has 3 unspecified atom stereocenters. The fourth-order valence-electron chi connectivity index (χ4n) is 1.23. The van der Waals surface area contributed by atoms with Crippen LogP contribution in [0.1, 0.15) is 13.3 Å². The smallest absolute Gasteiger partial charge is 0.260 e. The Morgan fingerprint density at radius 2 is 2.29 bits per heavy atom. The maximum Gasteiger partial charge on any atom is 0.260 e. The molecule has 80 valence electrons. The monoisotopic (exact) mass is 216 g/mol. The molecule has 0 saturated carbocycles. The molecule has 1 amide bonds. The SMILES string of the molecule is CCS(C)(=O)=NC(=O)C1C=CC(N)C1. The molecular weight excluding hydrogens is 200 g/mol. The highest BCUT2D eigenvalue weighted by molar-refractivity contribution is 7.93. The van der Waals surface area contributed by atoms with Crippen LogP contribution >= 0.6 is 0 Å². The summed E-state index contributed by atoms with van der Waals surface area (Å²) in [5, 5.41) is 0. The fraction of sp³-hybridized carbons (Fsp3) is 0.667. The van der Waals surface area contributed by atoms with Crippen LogP contribution in [0.5, 0.6) is 0 Å². The van der Waals surface area contributed by atoms with E-state index in [0.717, 1.165) is 0 Å². The van der Waals surface area contributed by atoms with Crippen molar-refractivity contribution in [2.75, 3.05) is 12.0 Å². The second-order valence-electron chi connectivity index (χ2n) is 3.57.